The number of nitrogens with zero attached hydrogens (tertiary/aromatic N) is 2. The van der Waals surface area contributed by atoms with Gasteiger partial charge < -0.3 is 24.9 Å². The third-order valence-corrected chi connectivity index (χ3v) is 8.19. The predicted octanol–water partition coefficient (Wildman–Crippen LogP) is 5.26. The SMILES string of the molecule is CNc1cc(OC)cc2cc(C3=NCC(CCN4CCSCC4)S3)[nH]c12.S=c1cccc[nH]1. The van der Waals surface area contributed by atoms with Crippen LogP contribution in [0.5, 0.6) is 5.75 Å². The van der Waals surface area contributed by atoms with Crippen molar-refractivity contribution >= 4 is 57.4 Å². The Balaban J connectivity index is 0.000000318. The lowest BCUT2D eigenvalue weighted by Crippen LogP contribution is -2.34. The van der Waals surface area contributed by atoms with E-state index in [-0.39, 0.29) is 0 Å². The van der Waals surface area contributed by atoms with Crippen LogP contribution in [0.4, 0.5) is 5.69 Å². The number of thioether (sulfide) groups is 2. The van der Waals surface area contributed by atoms with E-state index >= 15 is 0 Å². The van der Waals surface area contributed by atoms with Crippen molar-refractivity contribution in [3.63, 3.8) is 0 Å². The number of methoxy groups -OCH3 is 1. The molecule has 1 unspecified atom stereocenters. The number of benzene rings is 1. The molecule has 5 rings (SSSR count). The second kappa shape index (κ2) is 12.0. The molecular weight excluding hydrogens is 470 g/mol. The lowest BCUT2D eigenvalue weighted by atomic mass is 10.2. The third-order valence-electron chi connectivity index (χ3n) is 5.71. The number of nitrogens with one attached hydrogen (secondary N) is 3. The number of hydrogen-bond acceptors (Lipinski definition) is 7. The van der Waals surface area contributed by atoms with Gasteiger partial charge in [-0.1, -0.05) is 30.0 Å². The fourth-order valence-electron chi connectivity index (χ4n) is 3.89. The monoisotopic (exact) mass is 501 g/mol. The van der Waals surface area contributed by atoms with E-state index in [4.69, 9.17) is 21.9 Å². The lowest BCUT2D eigenvalue weighted by Gasteiger charge is -2.26. The Morgan fingerprint density at radius 1 is 1.24 bits per heavy atom. The molecule has 9 heteroatoms. The summed E-state index contributed by atoms with van der Waals surface area (Å²) in [7, 11) is 3.64. The van der Waals surface area contributed by atoms with Gasteiger partial charge in [-0.15, -0.1) is 0 Å². The molecule has 0 amide bonds. The molecule has 3 N–H and O–H groups in total. The Bertz CT molecular complexity index is 1120. The largest absolute Gasteiger partial charge is 0.497 e. The number of H-pyrrole nitrogens is 2. The molecule has 176 valence electrons. The first kappa shape index (κ1) is 24.2. The highest BCUT2D eigenvalue weighted by molar-refractivity contribution is 8.15. The molecule has 0 aliphatic carbocycles. The highest BCUT2D eigenvalue weighted by atomic mass is 32.2. The van der Waals surface area contributed by atoms with Crippen molar-refractivity contribution in [3.8, 4) is 5.75 Å². The Morgan fingerprint density at radius 2 is 2.09 bits per heavy atom. The van der Waals surface area contributed by atoms with Gasteiger partial charge in [-0.25, -0.2) is 0 Å². The van der Waals surface area contributed by atoms with E-state index in [9.17, 15) is 0 Å². The van der Waals surface area contributed by atoms with Crippen LogP contribution >= 0.6 is 35.7 Å². The first-order chi connectivity index (χ1) is 16.2. The Morgan fingerprint density at radius 3 is 2.76 bits per heavy atom. The van der Waals surface area contributed by atoms with Crippen LogP contribution in [0.15, 0.2) is 47.6 Å². The molecule has 4 heterocycles. The quantitative estimate of drug-likeness (QED) is 0.400. The first-order valence-electron chi connectivity index (χ1n) is 11.2. The van der Waals surface area contributed by atoms with Crippen molar-refractivity contribution in [2.45, 2.75) is 11.7 Å². The lowest BCUT2D eigenvalue weighted by molar-refractivity contribution is 0.298. The fourth-order valence-corrected chi connectivity index (χ4v) is 6.09. The van der Waals surface area contributed by atoms with Gasteiger partial charge in [-0.2, -0.15) is 11.8 Å². The minimum atomic E-state index is 0.601. The number of anilines is 1. The van der Waals surface area contributed by atoms with Gasteiger partial charge in [0.05, 0.1) is 30.6 Å². The van der Waals surface area contributed by atoms with Crippen molar-refractivity contribution < 1.29 is 4.74 Å². The van der Waals surface area contributed by atoms with Gasteiger partial charge in [-0.3, -0.25) is 4.99 Å². The standard InChI is InChI=1S/C19H26N4OS2.C5H5NS/c1-20-16-11-14(24-2)9-13-10-17(22-18(13)16)19-21-12-15(26-19)3-4-23-5-7-25-8-6-23;7-5-3-1-2-4-6-5/h9-11,15,20,22H,3-8,12H2,1-2H3;1-4H,(H,6,7). The van der Waals surface area contributed by atoms with Crippen LogP contribution in [-0.4, -0.2) is 77.0 Å². The second-order valence-electron chi connectivity index (χ2n) is 7.93. The maximum Gasteiger partial charge on any atom is 0.121 e. The third kappa shape index (κ3) is 6.56. The average molecular weight is 502 g/mol. The molecule has 0 radical (unpaired) electrons. The molecule has 1 atom stereocenters. The molecule has 1 saturated heterocycles. The predicted molar refractivity (Wildman–Crippen MR) is 147 cm³/mol. The van der Waals surface area contributed by atoms with Crippen molar-refractivity contribution in [2.75, 3.05) is 57.2 Å². The van der Waals surface area contributed by atoms with Crippen LogP contribution in [0.3, 0.4) is 0 Å². The van der Waals surface area contributed by atoms with E-state index in [1.165, 1.54) is 37.6 Å². The Kier molecular flexibility index (Phi) is 8.77. The number of aromatic nitrogens is 2. The van der Waals surface area contributed by atoms with Crippen LogP contribution in [0.2, 0.25) is 0 Å². The zero-order valence-corrected chi connectivity index (χ0v) is 21.5. The molecule has 1 aromatic carbocycles. The molecule has 0 spiro atoms. The highest BCUT2D eigenvalue weighted by Crippen LogP contribution is 2.33. The zero-order chi connectivity index (χ0) is 23.0. The second-order valence-corrected chi connectivity index (χ2v) is 10.9. The van der Waals surface area contributed by atoms with E-state index in [2.05, 4.69) is 44.1 Å². The van der Waals surface area contributed by atoms with E-state index in [1.807, 2.05) is 49.3 Å². The van der Waals surface area contributed by atoms with Gasteiger partial charge in [0.25, 0.3) is 0 Å². The topological polar surface area (TPSA) is 68.4 Å². The smallest absolute Gasteiger partial charge is 0.121 e. The average Bonchev–Trinajstić information content (AvgIpc) is 3.50. The van der Waals surface area contributed by atoms with Gasteiger partial charge >= 0.3 is 0 Å². The summed E-state index contributed by atoms with van der Waals surface area (Å²) in [5.41, 5.74) is 3.28. The molecule has 6 nitrogen and oxygen atoms in total. The number of rotatable bonds is 6. The van der Waals surface area contributed by atoms with Crippen LogP contribution in [0, 0.1) is 4.64 Å². The number of hydrogen-bond donors (Lipinski definition) is 3. The van der Waals surface area contributed by atoms with Crippen molar-refractivity contribution in [2.24, 2.45) is 4.99 Å². The van der Waals surface area contributed by atoms with E-state index < -0.39 is 0 Å². The summed E-state index contributed by atoms with van der Waals surface area (Å²) >= 11 is 8.76. The van der Waals surface area contributed by atoms with Gasteiger partial charge in [0.2, 0.25) is 0 Å². The van der Waals surface area contributed by atoms with Gasteiger partial charge in [0, 0.05) is 54.5 Å². The maximum atomic E-state index is 5.41. The van der Waals surface area contributed by atoms with E-state index in [0.29, 0.717) is 5.25 Å². The minimum absolute atomic E-state index is 0.601. The molecule has 0 bridgehead atoms. The maximum absolute atomic E-state index is 5.41. The normalized spacial score (nSPS) is 18.5. The van der Waals surface area contributed by atoms with Crippen molar-refractivity contribution in [1.82, 2.24) is 14.9 Å². The summed E-state index contributed by atoms with van der Waals surface area (Å²) in [6.07, 6.45) is 3.03. The summed E-state index contributed by atoms with van der Waals surface area (Å²) in [6.45, 7) is 4.62. The molecule has 33 heavy (non-hydrogen) atoms. The molecule has 0 saturated carbocycles. The summed E-state index contributed by atoms with van der Waals surface area (Å²) in [5.74, 6) is 3.43. The van der Waals surface area contributed by atoms with Crippen LogP contribution in [0.1, 0.15) is 12.1 Å². The summed E-state index contributed by atoms with van der Waals surface area (Å²) in [5, 5.41) is 6.14. The van der Waals surface area contributed by atoms with Crippen molar-refractivity contribution in [1.29, 1.82) is 0 Å². The number of aromatic amines is 2. The Hall–Kier alpha value is -1.94. The Labute approximate surface area is 209 Å². The molecule has 2 aliphatic heterocycles. The number of ether oxygens (including phenoxy) is 1. The summed E-state index contributed by atoms with van der Waals surface area (Å²) in [6, 6.07) is 11.9. The molecule has 2 aliphatic rings. The molecule has 2 aromatic heterocycles. The van der Waals surface area contributed by atoms with Crippen LogP contribution in [0.25, 0.3) is 10.9 Å². The van der Waals surface area contributed by atoms with Crippen LogP contribution < -0.4 is 10.1 Å². The summed E-state index contributed by atoms with van der Waals surface area (Å²) in [4.78, 5) is 13.8. The van der Waals surface area contributed by atoms with E-state index in [1.54, 1.807) is 7.11 Å². The highest BCUT2D eigenvalue weighted by Gasteiger charge is 2.23. The minimum Gasteiger partial charge on any atom is -0.497 e. The van der Waals surface area contributed by atoms with Gasteiger partial charge in [0.15, 0.2) is 0 Å². The van der Waals surface area contributed by atoms with Gasteiger partial charge in [0.1, 0.15) is 15.4 Å². The first-order valence-corrected chi connectivity index (χ1v) is 13.6. The van der Waals surface area contributed by atoms with E-state index in [0.717, 1.165) is 44.3 Å². The van der Waals surface area contributed by atoms with Crippen molar-refractivity contribution in [3.05, 3.63) is 52.9 Å². The molecule has 3 aromatic rings. The summed E-state index contributed by atoms with van der Waals surface area (Å²) < 4.78 is 6.19. The number of fused-ring (bicyclic) bond motifs is 1. The van der Waals surface area contributed by atoms with Gasteiger partial charge in [-0.05, 0) is 37.2 Å². The van der Waals surface area contributed by atoms with Crippen LogP contribution in [-0.2, 0) is 0 Å². The number of aliphatic imine (C=N–C) groups is 1. The number of pyridine rings is 1. The molecule has 1 fully saturated rings. The zero-order valence-electron chi connectivity index (χ0n) is 19.1. The fraction of sp³-hybridized carbons (Fsp3) is 0.417. The molecular formula is C24H31N5OS3.